The molecule has 16 heavy (non-hydrogen) atoms. The van der Waals surface area contributed by atoms with E-state index in [0.717, 1.165) is 6.07 Å². The standard InChI is InChI=1S/C6H7ClN2O5S2/c1-2-14-8-16(12,13)5-3-4(9(10)11)6(7)15-5/h3,8H,2H2,1H3. The number of sulfonamides is 1. The zero-order valence-corrected chi connectivity index (χ0v) is 10.4. The normalized spacial score (nSPS) is 11.6. The molecule has 0 radical (unpaired) electrons. The van der Waals surface area contributed by atoms with Gasteiger partial charge in [0.1, 0.15) is 4.21 Å². The SMILES string of the molecule is CCONS(=O)(=O)c1cc([N+](=O)[O-])c(Cl)s1. The molecule has 0 bridgehead atoms. The Balaban J connectivity index is 3.06. The lowest BCUT2D eigenvalue weighted by Crippen LogP contribution is -2.23. The first-order chi connectivity index (χ1) is 7.38. The van der Waals surface area contributed by atoms with Crippen LogP contribution in [0.2, 0.25) is 4.34 Å². The van der Waals surface area contributed by atoms with Gasteiger partial charge in [-0.1, -0.05) is 16.5 Å². The molecule has 10 heteroatoms. The Hall–Kier alpha value is -0.740. The molecule has 0 aliphatic rings. The molecule has 1 heterocycles. The van der Waals surface area contributed by atoms with Crippen molar-refractivity contribution >= 4 is 38.6 Å². The lowest BCUT2D eigenvalue weighted by Gasteiger charge is -2.01. The van der Waals surface area contributed by atoms with Gasteiger partial charge in [-0.25, -0.2) is 8.42 Å². The second kappa shape index (κ2) is 5.06. The van der Waals surface area contributed by atoms with Gasteiger partial charge in [-0.15, -0.1) is 11.3 Å². The van der Waals surface area contributed by atoms with Gasteiger partial charge in [0, 0.05) is 6.07 Å². The van der Waals surface area contributed by atoms with Crippen LogP contribution in [0, 0.1) is 10.1 Å². The number of hydrogen-bond acceptors (Lipinski definition) is 6. The molecule has 1 aromatic rings. The molecule has 90 valence electrons. The molecule has 0 unspecified atom stereocenters. The van der Waals surface area contributed by atoms with Crippen molar-refractivity contribution in [2.24, 2.45) is 0 Å². The van der Waals surface area contributed by atoms with Gasteiger partial charge in [0.2, 0.25) is 0 Å². The third-order valence-corrected chi connectivity index (χ3v) is 4.45. The van der Waals surface area contributed by atoms with Crippen molar-refractivity contribution in [1.82, 2.24) is 4.89 Å². The van der Waals surface area contributed by atoms with E-state index >= 15 is 0 Å². The topological polar surface area (TPSA) is 98.5 Å². The summed E-state index contributed by atoms with van der Waals surface area (Å²) < 4.78 is 22.5. The molecule has 0 aliphatic heterocycles. The van der Waals surface area contributed by atoms with Crippen molar-refractivity contribution in [3.63, 3.8) is 0 Å². The van der Waals surface area contributed by atoms with Crippen molar-refractivity contribution in [3.8, 4) is 0 Å². The summed E-state index contributed by atoms with van der Waals surface area (Å²) in [5, 5.41) is 10.5. The zero-order valence-electron chi connectivity index (χ0n) is 7.97. The van der Waals surface area contributed by atoms with Crippen molar-refractivity contribution < 1.29 is 18.2 Å². The molecular formula is C6H7ClN2O5S2. The van der Waals surface area contributed by atoms with Crippen LogP contribution in [0.3, 0.4) is 0 Å². The van der Waals surface area contributed by atoms with Crippen LogP contribution in [-0.2, 0) is 14.9 Å². The van der Waals surface area contributed by atoms with Crippen LogP contribution in [0.5, 0.6) is 0 Å². The van der Waals surface area contributed by atoms with Crippen molar-refractivity contribution in [3.05, 3.63) is 20.5 Å². The van der Waals surface area contributed by atoms with E-state index in [4.69, 9.17) is 11.6 Å². The van der Waals surface area contributed by atoms with Crippen molar-refractivity contribution in [2.45, 2.75) is 11.1 Å². The summed E-state index contributed by atoms with van der Waals surface area (Å²) in [4.78, 5) is 16.0. The van der Waals surface area contributed by atoms with Gasteiger partial charge in [0.05, 0.1) is 11.5 Å². The zero-order chi connectivity index (χ0) is 12.3. The minimum Gasteiger partial charge on any atom is -0.287 e. The first kappa shape index (κ1) is 13.3. The van der Waals surface area contributed by atoms with E-state index in [1.165, 1.54) is 0 Å². The summed E-state index contributed by atoms with van der Waals surface area (Å²) in [6.45, 7) is 1.73. The van der Waals surface area contributed by atoms with Crippen LogP contribution in [0.15, 0.2) is 10.3 Å². The van der Waals surface area contributed by atoms with E-state index in [9.17, 15) is 18.5 Å². The Kier molecular flexibility index (Phi) is 4.21. The van der Waals surface area contributed by atoms with Crippen LogP contribution in [0.4, 0.5) is 5.69 Å². The molecule has 0 aromatic carbocycles. The largest absolute Gasteiger partial charge is 0.300 e. The smallest absolute Gasteiger partial charge is 0.287 e. The molecule has 0 aliphatic carbocycles. The maximum absolute atomic E-state index is 11.5. The minimum atomic E-state index is -3.90. The number of rotatable bonds is 5. The average molecular weight is 287 g/mol. The Morgan fingerprint density at radius 1 is 1.69 bits per heavy atom. The highest BCUT2D eigenvalue weighted by Crippen LogP contribution is 2.35. The summed E-state index contributed by atoms with van der Waals surface area (Å²) in [6, 6.07) is 0.883. The summed E-state index contributed by atoms with van der Waals surface area (Å²) in [7, 11) is -3.90. The lowest BCUT2D eigenvalue weighted by atomic mass is 10.6. The predicted octanol–water partition coefficient (Wildman–Crippen LogP) is 1.54. The van der Waals surface area contributed by atoms with Gasteiger partial charge >= 0.3 is 0 Å². The molecule has 7 nitrogen and oxygen atoms in total. The van der Waals surface area contributed by atoms with Gasteiger partial charge < -0.3 is 0 Å². The highest BCUT2D eigenvalue weighted by atomic mass is 35.5. The predicted molar refractivity (Wildman–Crippen MR) is 57.9 cm³/mol. The van der Waals surface area contributed by atoms with Gasteiger partial charge in [-0.3, -0.25) is 15.0 Å². The Labute approximate surface area is 100 Å². The fraction of sp³-hybridized carbons (Fsp3) is 0.333. The second-order valence-electron chi connectivity index (χ2n) is 2.50. The first-order valence-corrected chi connectivity index (χ1v) is 6.63. The van der Waals surface area contributed by atoms with Crippen LogP contribution in [0.25, 0.3) is 0 Å². The highest BCUT2D eigenvalue weighted by Gasteiger charge is 2.25. The third-order valence-electron chi connectivity index (χ3n) is 1.42. The molecule has 1 rings (SSSR count). The van der Waals surface area contributed by atoms with Crippen molar-refractivity contribution in [2.75, 3.05) is 6.61 Å². The second-order valence-corrected chi connectivity index (χ2v) is 6.03. The van der Waals surface area contributed by atoms with E-state index in [1.807, 2.05) is 0 Å². The number of nitro groups is 1. The fourth-order valence-electron chi connectivity index (χ4n) is 0.773. The van der Waals surface area contributed by atoms with Gasteiger partial charge in [0.25, 0.3) is 15.7 Å². The molecule has 0 atom stereocenters. The monoisotopic (exact) mass is 286 g/mol. The summed E-state index contributed by atoms with van der Waals surface area (Å²) in [5.74, 6) is 0. The minimum absolute atomic E-state index is 0.139. The van der Waals surface area contributed by atoms with E-state index in [2.05, 4.69) is 4.84 Å². The van der Waals surface area contributed by atoms with Crippen molar-refractivity contribution in [1.29, 1.82) is 0 Å². The number of halogens is 1. The van der Waals surface area contributed by atoms with E-state index in [-0.39, 0.29) is 15.2 Å². The quantitative estimate of drug-likeness (QED) is 0.654. The molecule has 0 saturated heterocycles. The van der Waals surface area contributed by atoms with E-state index < -0.39 is 20.6 Å². The van der Waals surface area contributed by atoms with Gasteiger partial charge in [-0.05, 0) is 6.92 Å². The van der Waals surface area contributed by atoms with Crippen LogP contribution in [0.1, 0.15) is 6.92 Å². The van der Waals surface area contributed by atoms with Crippen LogP contribution < -0.4 is 4.89 Å². The van der Waals surface area contributed by atoms with Gasteiger partial charge in [0.15, 0.2) is 4.34 Å². The summed E-state index contributed by atoms with van der Waals surface area (Å²) >= 11 is 6.12. The summed E-state index contributed by atoms with van der Waals surface area (Å²) in [5.41, 5.74) is -0.441. The third kappa shape index (κ3) is 2.89. The molecule has 0 amide bonds. The Morgan fingerprint density at radius 3 is 2.75 bits per heavy atom. The molecule has 0 saturated carbocycles. The van der Waals surface area contributed by atoms with Crippen LogP contribution in [-0.4, -0.2) is 19.9 Å². The first-order valence-electron chi connectivity index (χ1n) is 3.95. The van der Waals surface area contributed by atoms with E-state index in [1.54, 1.807) is 11.8 Å². The summed E-state index contributed by atoms with van der Waals surface area (Å²) in [6.07, 6.45) is 0. The maximum atomic E-state index is 11.5. The van der Waals surface area contributed by atoms with E-state index in [0.29, 0.717) is 11.3 Å². The Morgan fingerprint density at radius 2 is 2.31 bits per heavy atom. The molecule has 0 spiro atoms. The molecular weight excluding hydrogens is 280 g/mol. The van der Waals surface area contributed by atoms with Crippen LogP contribution >= 0.6 is 22.9 Å². The fourth-order valence-corrected chi connectivity index (χ4v) is 3.28. The van der Waals surface area contributed by atoms with Gasteiger partial charge in [-0.2, -0.15) is 0 Å². The number of thiophene rings is 1. The lowest BCUT2D eigenvalue weighted by molar-refractivity contribution is -0.384. The molecule has 1 aromatic heterocycles. The number of nitrogens with one attached hydrogen (secondary N) is 1. The Bertz CT molecular complexity index is 497. The molecule has 0 fully saturated rings. The molecule has 1 N–H and O–H groups in total. The number of hydrogen-bond donors (Lipinski definition) is 1. The maximum Gasteiger partial charge on any atom is 0.300 e. The highest BCUT2D eigenvalue weighted by molar-refractivity contribution is 7.91. The number of nitrogens with zero attached hydrogens (tertiary/aromatic N) is 1. The average Bonchev–Trinajstić information content (AvgIpc) is 2.58.